The van der Waals surface area contributed by atoms with E-state index in [0.29, 0.717) is 5.56 Å². The maximum absolute atomic E-state index is 12.6. The topological polar surface area (TPSA) is 63.1 Å². The van der Waals surface area contributed by atoms with Crippen molar-refractivity contribution in [3.63, 3.8) is 0 Å². The van der Waals surface area contributed by atoms with Crippen molar-refractivity contribution in [2.24, 2.45) is 7.05 Å². The normalized spacial score (nSPS) is 11.8. The van der Waals surface area contributed by atoms with Gasteiger partial charge in [-0.15, -0.1) is 0 Å². The molecule has 0 aliphatic heterocycles. The Kier molecular flexibility index (Phi) is 4.79. The third kappa shape index (κ3) is 3.68. The number of rotatable bonds is 5. The number of aryl methyl sites for hydroxylation is 1. The van der Waals surface area contributed by atoms with Crippen molar-refractivity contribution in [3.05, 3.63) is 78.1 Å². The summed E-state index contributed by atoms with van der Waals surface area (Å²) in [5.74, 6) is 0.618. The molecule has 3 rings (SSSR count). The first-order chi connectivity index (χ1) is 12.1. The van der Waals surface area contributed by atoms with Crippen molar-refractivity contribution in [1.82, 2.24) is 19.9 Å². The molecule has 0 saturated carbocycles. The smallest absolute Gasteiger partial charge is 0.252 e. The highest BCUT2D eigenvalue weighted by atomic mass is 16.1. The van der Waals surface area contributed by atoms with Gasteiger partial charge in [-0.3, -0.25) is 9.78 Å². The van der Waals surface area contributed by atoms with Gasteiger partial charge in [0.05, 0.1) is 0 Å². The lowest BCUT2D eigenvalue weighted by Gasteiger charge is -2.20. The number of benzene rings is 1. The monoisotopic (exact) mass is 335 g/mol. The molecule has 1 aromatic carbocycles. The summed E-state index contributed by atoms with van der Waals surface area (Å²) in [5, 5.41) is 3.08. The van der Waals surface area contributed by atoms with Crippen LogP contribution in [0.2, 0.25) is 0 Å². The minimum Gasteiger partial charge on any atom is -0.378 e. The van der Waals surface area contributed by atoms with E-state index in [1.807, 2.05) is 61.1 Å². The van der Waals surface area contributed by atoms with Gasteiger partial charge in [0, 0.05) is 57.2 Å². The number of hydrogen-bond donors (Lipinski definition) is 1. The molecule has 6 nitrogen and oxygen atoms in total. The van der Waals surface area contributed by atoms with Crippen LogP contribution >= 0.6 is 0 Å². The summed E-state index contributed by atoms with van der Waals surface area (Å²) in [7, 11) is 5.91. The molecule has 1 unspecified atom stereocenters. The summed E-state index contributed by atoms with van der Waals surface area (Å²) in [6.45, 7) is 0. The van der Waals surface area contributed by atoms with Crippen molar-refractivity contribution >= 4 is 11.6 Å². The summed E-state index contributed by atoms with van der Waals surface area (Å²) in [5.41, 5.74) is 2.64. The van der Waals surface area contributed by atoms with Crippen LogP contribution in [0.4, 0.5) is 5.69 Å². The lowest BCUT2D eigenvalue weighted by molar-refractivity contribution is 0.0941. The Bertz CT molecular complexity index is 840. The number of aromatic nitrogens is 3. The largest absolute Gasteiger partial charge is 0.378 e. The fourth-order valence-electron chi connectivity index (χ4n) is 2.63. The Morgan fingerprint density at radius 2 is 1.76 bits per heavy atom. The summed E-state index contributed by atoms with van der Waals surface area (Å²) < 4.78 is 1.91. The highest BCUT2D eigenvalue weighted by Crippen LogP contribution is 2.23. The quantitative estimate of drug-likeness (QED) is 0.778. The molecule has 0 aliphatic rings. The first-order valence-corrected chi connectivity index (χ1v) is 8.01. The number of imidazole rings is 1. The number of anilines is 1. The Balaban J connectivity index is 1.93. The van der Waals surface area contributed by atoms with Crippen molar-refractivity contribution < 1.29 is 4.79 Å². The highest BCUT2D eigenvalue weighted by molar-refractivity contribution is 5.94. The summed E-state index contributed by atoms with van der Waals surface area (Å²) in [6.07, 6.45) is 6.82. The average molecular weight is 335 g/mol. The molecular weight excluding hydrogens is 314 g/mol. The Labute approximate surface area is 147 Å². The first-order valence-electron chi connectivity index (χ1n) is 8.01. The van der Waals surface area contributed by atoms with Gasteiger partial charge in [0.2, 0.25) is 0 Å². The number of hydrogen-bond acceptors (Lipinski definition) is 4. The minimum atomic E-state index is -0.336. The van der Waals surface area contributed by atoms with Gasteiger partial charge in [0.25, 0.3) is 5.91 Å². The van der Waals surface area contributed by atoms with Gasteiger partial charge >= 0.3 is 0 Å². The van der Waals surface area contributed by atoms with Gasteiger partial charge in [-0.05, 0) is 29.8 Å². The van der Waals surface area contributed by atoms with Crippen LogP contribution in [0.25, 0.3) is 0 Å². The van der Waals surface area contributed by atoms with Crippen LogP contribution in [0.3, 0.4) is 0 Å². The third-order valence-corrected chi connectivity index (χ3v) is 4.08. The van der Waals surface area contributed by atoms with E-state index in [4.69, 9.17) is 0 Å². The number of carbonyl (C=O) groups is 1. The second kappa shape index (κ2) is 7.17. The van der Waals surface area contributed by atoms with E-state index in [0.717, 1.165) is 17.1 Å². The molecule has 0 bridgehead atoms. The second-order valence-electron chi connectivity index (χ2n) is 6.02. The van der Waals surface area contributed by atoms with Crippen LogP contribution in [-0.4, -0.2) is 34.5 Å². The van der Waals surface area contributed by atoms with Crippen molar-refractivity contribution in [3.8, 4) is 0 Å². The molecule has 2 heterocycles. The highest BCUT2D eigenvalue weighted by Gasteiger charge is 2.21. The molecule has 0 aliphatic carbocycles. The molecule has 3 aromatic rings. The van der Waals surface area contributed by atoms with Gasteiger partial charge in [-0.25, -0.2) is 4.98 Å². The molecule has 25 heavy (non-hydrogen) atoms. The maximum atomic E-state index is 12.6. The lowest BCUT2D eigenvalue weighted by atomic mass is 10.0. The average Bonchev–Trinajstić information content (AvgIpc) is 3.06. The van der Waals surface area contributed by atoms with E-state index in [9.17, 15) is 4.79 Å². The maximum Gasteiger partial charge on any atom is 0.252 e. The van der Waals surface area contributed by atoms with Crippen LogP contribution < -0.4 is 10.2 Å². The van der Waals surface area contributed by atoms with Crippen LogP contribution in [0, 0.1) is 0 Å². The Hall–Kier alpha value is -3.15. The molecule has 1 atom stereocenters. The predicted octanol–water partition coefficient (Wildman–Crippen LogP) is 2.40. The van der Waals surface area contributed by atoms with Crippen LogP contribution in [0.15, 0.2) is 61.2 Å². The summed E-state index contributed by atoms with van der Waals surface area (Å²) in [6, 6.07) is 11.1. The van der Waals surface area contributed by atoms with Crippen molar-refractivity contribution in [2.75, 3.05) is 19.0 Å². The zero-order valence-corrected chi connectivity index (χ0v) is 14.5. The third-order valence-electron chi connectivity index (χ3n) is 4.08. The number of carbonyl (C=O) groups excluding carboxylic acids is 1. The summed E-state index contributed by atoms with van der Waals surface area (Å²) >= 11 is 0. The van der Waals surface area contributed by atoms with E-state index in [-0.39, 0.29) is 11.9 Å². The molecule has 1 N–H and O–H groups in total. The number of nitrogens with zero attached hydrogens (tertiary/aromatic N) is 4. The fraction of sp³-hybridized carbons (Fsp3) is 0.211. The lowest BCUT2D eigenvalue weighted by Crippen LogP contribution is -2.31. The molecule has 0 fully saturated rings. The van der Waals surface area contributed by atoms with Crippen molar-refractivity contribution in [1.29, 1.82) is 0 Å². The van der Waals surface area contributed by atoms with Gasteiger partial charge in [-0.1, -0.05) is 12.1 Å². The van der Waals surface area contributed by atoms with Gasteiger partial charge < -0.3 is 14.8 Å². The molecule has 1 amide bonds. The zero-order chi connectivity index (χ0) is 17.8. The van der Waals surface area contributed by atoms with Gasteiger partial charge in [0.15, 0.2) is 0 Å². The summed E-state index contributed by atoms with van der Waals surface area (Å²) in [4.78, 5) is 23.0. The van der Waals surface area contributed by atoms with E-state index in [1.54, 1.807) is 30.7 Å². The standard InChI is InChI=1S/C19H21N5O/c1-23(2)16-6-4-14(5-7-16)17(18-21-12-13-24(18)3)22-19(25)15-8-10-20-11-9-15/h4-13,17H,1-3H3,(H,22,25). The molecule has 128 valence electrons. The van der Waals surface area contributed by atoms with Crippen molar-refractivity contribution in [2.45, 2.75) is 6.04 Å². The Morgan fingerprint density at radius 1 is 1.08 bits per heavy atom. The Morgan fingerprint density at radius 3 is 2.32 bits per heavy atom. The minimum absolute atomic E-state index is 0.160. The van der Waals surface area contributed by atoms with E-state index >= 15 is 0 Å². The molecule has 6 heteroatoms. The SMILES string of the molecule is CN(C)c1ccc(C(NC(=O)c2ccncc2)c2nccn2C)cc1. The van der Waals surface area contributed by atoms with E-state index < -0.39 is 0 Å². The fourth-order valence-corrected chi connectivity index (χ4v) is 2.63. The van der Waals surface area contributed by atoms with E-state index in [1.165, 1.54) is 0 Å². The number of pyridine rings is 1. The number of amides is 1. The molecule has 0 saturated heterocycles. The molecule has 0 spiro atoms. The molecule has 2 aromatic heterocycles. The second-order valence-corrected chi connectivity index (χ2v) is 6.02. The first kappa shape index (κ1) is 16.7. The zero-order valence-electron chi connectivity index (χ0n) is 14.5. The van der Waals surface area contributed by atoms with E-state index in [2.05, 4.69) is 15.3 Å². The van der Waals surface area contributed by atoms with Gasteiger partial charge in [0.1, 0.15) is 11.9 Å². The molecular formula is C19H21N5O. The van der Waals surface area contributed by atoms with Crippen LogP contribution in [0.1, 0.15) is 27.8 Å². The van der Waals surface area contributed by atoms with Crippen LogP contribution in [0.5, 0.6) is 0 Å². The number of nitrogens with one attached hydrogen (secondary N) is 1. The molecule has 0 radical (unpaired) electrons. The van der Waals surface area contributed by atoms with Gasteiger partial charge in [-0.2, -0.15) is 0 Å². The predicted molar refractivity (Wildman–Crippen MR) is 97.5 cm³/mol. The van der Waals surface area contributed by atoms with Crippen LogP contribution in [-0.2, 0) is 7.05 Å².